The van der Waals surface area contributed by atoms with Crippen molar-refractivity contribution in [1.29, 1.82) is 0 Å². The van der Waals surface area contributed by atoms with E-state index in [4.69, 9.17) is 5.10 Å². The number of carbonyl (C=O) groups excluding carboxylic acids is 1. The molecule has 8 heteroatoms. The summed E-state index contributed by atoms with van der Waals surface area (Å²) in [6, 6.07) is 26.9. The van der Waals surface area contributed by atoms with Gasteiger partial charge in [0.15, 0.2) is 0 Å². The number of nitrogens with one attached hydrogen (secondary N) is 1. The van der Waals surface area contributed by atoms with Crippen LogP contribution in [0.25, 0.3) is 22.2 Å². The Kier molecular flexibility index (Phi) is 6.17. The van der Waals surface area contributed by atoms with Crippen molar-refractivity contribution in [2.45, 2.75) is 26.4 Å². The van der Waals surface area contributed by atoms with Crippen molar-refractivity contribution in [1.82, 2.24) is 24.8 Å². The Morgan fingerprint density at radius 2 is 1.66 bits per heavy atom. The van der Waals surface area contributed by atoms with E-state index in [0.29, 0.717) is 23.3 Å². The Morgan fingerprint density at radius 3 is 2.49 bits per heavy atom. The number of hydrogen-bond acceptors (Lipinski definition) is 5. The molecular weight excluding hydrogens is 440 g/mol. The summed E-state index contributed by atoms with van der Waals surface area (Å²) in [5.41, 5.74) is 4.23. The van der Waals surface area contributed by atoms with Gasteiger partial charge in [-0.2, -0.15) is 5.10 Å². The maximum atomic E-state index is 12.9. The predicted molar refractivity (Wildman–Crippen MR) is 135 cm³/mol. The molecule has 5 rings (SSSR count). The summed E-state index contributed by atoms with van der Waals surface area (Å²) >= 11 is 0. The van der Waals surface area contributed by atoms with Gasteiger partial charge in [-0.15, -0.1) is 5.10 Å². The molecule has 174 valence electrons. The highest BCUT2D eigenvalue weighted by Gasteiger charge is 2.15. The number of anilines is 1. The zero-order valence-corrected chi connectivity index (χ0v) is 19.3. The van der Waals surface area contributed by atoms with Gasteiger partial charge in [0.05, 0.1) is 24.2 Å². The molecule has 1 amide bonds. The van der Waals surface area contributed by atoms with Gasteiger partial charge in [0.2, 0.25) is 5.91 Å². The third-order valence-corrected chi connectivity index (χ3v) is 5.82. The highest BCUT2D eigenvalue weighted by atomic mass is 16.2. The van der Waals surface area contributed by atoms with Crippen molar-refractivity contribution in [3.05, 3.63) is 106 Å². The summed E-state index contributed by atoms with van der Waals surface area (Å²) in [7, 11) is 0. The maximum Gasteiger partial charge on any atom is 0.277 e. The minimum Gasteiger partial charge on any atom is -0.311 e. The van der Waals surface area contributed by atoms with E-state index in [2.05, 4.69) is 15.6 Å². The molecule has 0 aliphatic rings. The fraction of sp³-hybridized carbons (Fsp3) is 0.148. The van der Waals surface area contributed by atoms with Gasteiger partial charge in [-0.05, 0) is 30.2 Å². The highest BCUT2D eigenvalue weighted by Crippen LogP contribution is 2.25. The second-order valence-electron chi connectivity index (χ2n) is 8.31. The third-order valence-electron chi connectivity index (χ3n) is 5.82. The second-order valence-corrected chi connectivity index (χ2v) is 8.31. The molecule has 0 aliphatic carbocycles. The van der Waals surface area contributed by atoms with E-state index in [1.807, 2.05) is 67.6 Å². The number of amides is 1. The Hall–Kier alpha value is -4.59. The topological polar surface area (TPSA) is 94.7 Å². The molecule has 0 atom stereocenters. The highest BCUT2D eigenvalue weighted by molar-refractivity contribution is 5.90. The number of aromatic nitrogens is 5. The number of hydrogen-bond donors (Lipinski definition) is 1. The average molecular weight is 465 g/mol. The van der Waals surface area contributed by atoms with Gasteiger partial charge in [0.1, 0.15) is 11.3 Å². The van der Waals surface area contributed by atoms with Crippen LogP contribution in [0.2, 0.25) is 0 Å². The van der Waals surface area contributed by atoms with Gasteiger partial charge in [-0.1, -0.05) is 71.9 Å². The number of fused-ring (bicyclic) bond motifs is 1. The molecule has 3 aromatic carbocycles. The summed E-state index contributed by atoms with van der Waals surface area (Å²) < 4.78 is 3.01. The van der Waals surface area contributed by atoms with Crippen molar-refractivity contribution >= 4 is 22.6 Å². The molecule has 1 N–H and O–H groups in total. The number of carbonyl (C=O) groups is 1. The first kappa shape index (κ1) is 22.2. The molecule has 0 bridgehead atoms. The molecule has 0 saturated carbocycles. The molecule has 0 fully saturated rings. The summed E-state index contributed by atoms with van der Waals surface area (Å²) in [5.74, 6) is 0.353. The van der Waals surface area contributed by atoms with Crippen LogP contribution in [-0.2, 0) is 17.9 Å². The Labute approximate surface area is 201 Å². The molecule has 0 aliphatic heterocycles. The Morgan fingerprint density at radius 1 is 0.914 bits per heavy atom. The van der Waals surface area contributed by atoms with Crippen LogP contribution >= 0.6 is 0 Å². The van der Waals surface area contributed by atoms with Gasteiger partial charge in [-0.25, -0.2) is 9.36 Å². The SMILES string of the molecule is Cc1ccccc1-c1cc(NC(=O)CCn2nnc3ccccc3c2=O)n(Cc2ccccc2)n1. The lowest BCUT2D eigenvalue weighted by Crippen LogP contribution is -2.27. The largest absolute Gasteiger partial charge is 0.311 e. The van der Waals surface area contributed by atoms with Crippen LogP contribution in [0.1, 0.15) is 17.5 Å². The molecule has 0 spiro atoms. The monoisotopic (exact) mass is 464 g/mol. The van der Waals surface area contributed by atoms with E-state index in [-0.39, 0.29) is 24.4 Å². The van der Waals surface area contributed by atoms with Crippen LogP contribution < -0.4 is 10.9 Å². The van der Waals surface area contributed by atoms with Gasteiger partial charge < -0.3 is 5.32 Å². The summed E-state index contributed by atoms with van der Waals surface area (Å²) in [5, 5.41) is 16.3. The predicted octanol–water partition coefficient (Wildman–Crippen LogP) is 4.04. The lowest BCUT2D eigenvalue weighted by Gasteiger charge is -2.09. The minimum atomic E-state index is -0.264. The molecule has 5 aromatic rings. The van der Waals surface area contributed by atoms with Crippen molar-refractivity contribution in [3.63, 3.8) is 0 Å². The summed E-state index contributed by atoms with van der Waals surface area (Å²) in [4.78, 5) is 25.5. The average Bonchev–Trinajstić information content (AvgIpc) is 3.26. The van der Waals surface area contributed by atoms with Crippen LogP contribution in [0.15, 0.2) is 89.7 Å². The molecule has 0 radical (unpaired) electrons. The van der Waals surface area contributed by atoms with Crippen LogP contribution in [0, 0.1) is 6.92 Å². The van der Waals surface area contributed by atoms with Crippen molar-refractivity contribution in [2.24, 2.45) is 0 Å². The van der Waals surface area contributed by atoms with Crippen molar-refractivity contribution < 1.29 is 4.79 Å². The number of rotatable bonds is 7. The van der Waals surface area contributed by atoms with E-state index in [1.54, 1.807) is 28.9 Å². The van der Waals surface area contributed by atoms with E-state index in [9.17, 15) is 9.59 Å². The van der Waals surface area contributed by atoms with E-state index in [0.717, 1.165) is 22.4 Å². The van der Waals surface area contributed by atoms with Gasteiger partial charge in [-0.3, -0.25) is 9.59 Å². The zero-order chi connectivity index (χ0) is 24.2. The minimum absolute atomic E-state index is 0.0726. The molecule has 0 saturated heterocycles. The number of nitrogens with zero attached hydrogens (tertiary/aromatic N) is 5. The lowest BCUT2D eigenvalue weighted by molar-refractivity contribution is -0.116. The molecule has 8 nitrogen and oxygen atoms in total. The van der Waals surface area contributed by atoms with Crippen molar-refractivity contribution in [3.8, 4) is 11.3 Å². The first-order valence-electron chi connectivity index (χ1n) is 11.4. The maximum absolute atomic E-state index is 12.9. The van der Waals surface area contributed by atoms with E-state index < -0.39 is 0 Å². The second kappa shape index (κ2) is 9.72. The Balaban J connectivity index is 1.37. The summed E-state index contributed by atoms with van der Waals surface area (Å²) in [6.45, 7) is 2.67. The standard InChI is InChI=1S/C27H24N6O2/c1-19-9-5-6-12-21(19)24-17-25(33(30-24)18-20-10-3-2-4-11-20)28-26(34)15-16-32-27(35)22-13-7-8-14-23(22)29-31-32/h2-14,17H,15-16,18H2,1H3,(H,28,34). The molecular formula is C27H24N6O2. The smallest absolute Gasteiger partial charge is 0.277 e. The fourth-order valence-electron chi connectivity index (χ4n) is 3.97. The first-order valence-corrected chi connectivity index (χ1v) is 11.4. The van der Waals surface area contributed by atoms with E-state index in [1.165, 1.54) is 4.68 Å². The third kappa shape index (κ3) is 4.86. The van der Waals surface area contributed by atoms with Crippen LogP contribution in [0.3, 0.4) is 0 Å². The fourth-order valence-corrected chi connectivity index (χ4v) is 3.97. The number of aryl methyl sites for hydroxylation is 2. The normalized spacial score (nSPS) is 11.0. The quantitative estimate of drug-likeness (QED) is 0.392. The first-order chi connectivity index (χ1) is 17.1. The molecule has 35 heavy (non-hydrogen) atoms. The van der Waals surface area contributed by atoms with Crippen molar-refractivity contribution in [2.75, 3.05) is 5.32 Å². The molecule has 2 aromatic heterocycles. The molecule has 2 heterocycles. The van der Waals surface area contributed by atoms with Gasteiger partial charge in [0.25, 0.3) is 5.56 Å². The van der Waals surface area contributed by atoms with Crippen LogP contribution in [0.5, 0.6) is 0 Å². The lowest BCUT2D eigenvalue weighted by atomic mass is 10.1. The molecule has 0 unspecified atom stereocenters. The Bertz CT molecular complexity index is 1560. The summed E-state index contributed by atoms with van der Waals surface area (Å²) in [6.07, 6.45) is 0.0726. The van der Waals surface area contributed by atoms with Crippen LogP contribution in [0.4, 0.5) is 5.82 Å². The zero-order valence-electron chi connectivity index (χ0n) is 19.3. The van der Waals surface area contributed by atoms with Crippen LogP contribution in [-0.4, -0.2) is 30.7 Å². The van der Waals surface area contributed by atoms with Gasteiger partial charge >= 0.3 is 0 Å². The van der Waals surface area contributed by atoms with E-state index >= 15 is 0 Å². The van der Waals surface area contributed by atoms with Gasteiger partial charge in [0, 0.05) is 18.1 Å². The number of benzene rings is 3.